The molecule has 2 aliphatic rings. The van der Waals surface area contributed by atoms with Crippen LogP contribution in [0, 0.1) is 5.92 Å². The van der Waals surface area contributed by atoms with Crippen molar-refractivity contribution in [3.8, 4) is 5.75 Å². The number of amides is 2. The molecule has 2 aromatic rings. The van der Waals surface area contributed by atoms with Crippen molar-refractivity contribution >= 4 is 27.5 Å². The van der Waals surface area contributed by atoms with Gasteiger partial charge in [-0.3, -0.25) is 9.59 Å². The van der Waals surface area contributed by atoms with Gasteiger partial charge in [-0.1, -0.05) is 25.0 Å². The summed E-state index contributed by atoms with van der Waals surface area (Å²) in [5.74, 6) is 0.312. The highest BCUT2D eigenvalue weighted by Gasteiger charge is 2.48. The number of para-hydroxylation sites is 1. The van der Waals surface area contributed by atoms with E-state index in [2.05, 4.69) is 10.0 Å². The van der Waals surface area contributed by atoms with E-state index < -0.39 is 16.1 Å². The molecule has 2 fully saturated rings. The fourth-order valence-electron chi connectivity index (χ4n) is 5.27. The van der Waals surface area contributed by atoms with Crippen molar-refractivity contribution in [1.82, 2.24) is 9.62 Å². The fourth-order valence-corrected chi connectivity index (χ4v) is 6.52. The third-order valence-electron chi connectivity index (χ3n) is 6.79. The average Bonchev–Trinajstić information content (AvgIpc) is 3.23. The minimum absolute atomic E-state index is 0.0199. The van der Waals surface area contributed by atoms with E-state index in [-0.39, 0.29) is 34.7 Å². The van der Waals surface area contributed by atoms with Crippen LogP contribution in [0.25, 0.3) is 0 Å². The first-order chi connectivity index (χ1) is 16.7. The number of sulfonamides is 1. The Kier molecular flexibility index (Phi) is 7.47. The molecule has 1 saturated carbocycles. The van der Waals surface area contributed by atoms with Gasteiger partial charge in [-0.15, -0.1) is 0 Å². The van der Waals surface area contributed by atoms with Crippen LogP contribution in [0.4, 0.5) is 5.69 Å². The maximum absolute atomic E-state index is 13.7. The molecule has 1 heterocycles. The van der Waals surface area contributed by atoms with Crippen molar-refractivity contribution in [2.45, 2.75) is 69.0 Å². The number of carbonyl (C=O) groups is 2. The van der Waals surface area contributed by atoms with Gasteiger partial charge in [-0.25, -0.2) is 13.1 Å². The molecule has 1 saturated heterocycles. The number of rotatable bonds is 7. The Morgan fingerprint density at radius 3 is 2.40 bits per heavy atom. The summed E-state index contributed by atoms with van der Waals surface area (Å²) in [6.45, 7) is 3.51. The second kappa shape index (κ2) is 10.4. The van der Waals surface area contributed by atoms with Gasteiger partial charge < -0.3 is 15.0 Å². The first-order valence-corrected chi connectivity index (χ1v) is 13.6. The highest BCUT2D eigenvalue weighted by Crippen LogP contribution is 2.41. The number of nitrogens with one attached hydrogen (secondary N) is 2. The maximum Gasteiger partial charge on any atom is 0.258 e. The van der Waals surface area contributed by atoms with Gasteiger partial charge in [0.2, 0.25) is 15.9 Å². The molecule has 2 amide bonds. The molecule has 35 heavy (non-hydrogen) atoms. The van der Waals surface area contributed by atoms with E-state index in [1.807, 2.05) is 6.07 Å². The lowest BCUT2D eigenvalue weighted by Crippen LogP contribution is -2.48. The first kappa shape index (κ1) is 25.2. The van der Waals surface area contributed by atoms with Crippen molar-refractivity contribution in [3.05, 3.63) is 54.1 Å². The zero-order chi connectivity index (χ0) is 25.2. The van der Waals surface area contributed by atoms with Gasteiger partial charge in [0.15, 0.2) is 0 Å². The summed E-state index contributed by atoms with van der Waals surface area (Å²) in [5.41, 5.74) is 0.935. The molecule has 2 aromatic carbocycles. The highest BCUT2D eigenvalue weighted by atomic mass is 32.2. The number of hydrogen-bond donors (Lipinski definition) is 2. The van der Waals surface area contributed by atoms with Crippen molar-refractivity contribution in [2.24, 2.45) is 5.92 Å². The number of carbonyl (C=O) groups excluding carboxylic acids is 2. The largest absolute Gasteiger partial charge is 0.496 e. The SMILES string of the molecule is COc1ccccc1C(=O)N1C(C(=O)Nc2ccc(S(=O)(=O)NC(C)C)cc2)CC2CCCCC21. The number of likely N-dealkylation sites (tertiary alicyclic amines) is 1. The lowest BCUT2D eigenvalue weighted by atomic mass is 9.84. The zero-order valence-electron chi connectivity index (χ0n) is 20.4. The van der Waals surface area contributed by atoms with E-state index in [9.17, 15) is 18.0 Å². The van der Waals surface area contributed by atoms with Crippen molar-refractivity contribution < 1.29 is 22.7 Å². The molecule has 9 heteroatoms. The summed E-state index contributed by atoms with van der Waals surface area (Å²) < 4.78 is 32.7. The topological polar surface area (TPSA) is 105 Å². The van der Waals surface area contributed by atoms with Crippen LogP contribution >= 0.6 is 0 Å². The summed E-state index contributed by atoms with van der Waals surface area (Å²) in [4.78, 5) is 29.0. The summed E-state index contributed by atoms with van der Waals surface area (Å²) in [7, 11) is -2.09. The number of benzene rings is 2. The molecular formula is C26H33N3O5S. The molecule has 0 aromatic heterocycles. The Balaban J connectivity index is 1.56. The Hall–Kier alpha value is -2.91. The standard InChI is InChI=1S/C26H33N3O5S/c1-17(2)28-35(32,33)20-14-12-19(13-15-20)27-25(30)23-16-18-8-4-6-10-22(18)29(23)26(31)21-9-5-7-11-24(21)34-3/h5,7,9,11-15,17-18,22-23,28H,4,6,8,10,16H2,1-3H3,(H,27,30). The van der Waals surface area contributed by atoms with Crippen molar-refractivity contribution in [2.75, 3.05) is 12.4 Å². The molecule has 2 N–H and O–H groups in total. The van der Waals surface area contributed by atoms with Crippen LogP contribution < -0.4 is 14.8 Å². The maximum atomic E-state index is 13.7. The highest BCUT2D eigenvalue weighted by molar-refractivity contribution is 7.89. The number of nitrogens with zero attached hydrogens (tertiary/aromatic N) is 1. The summed E-state index contributed by atoms with van der Waals surface area (Å²) in [6.07, 6.45) is 4.63. The number of methoxy groups -OCH3 is 1. The Labute approximate surface area is 207 Å². The molecule has 0 radical (unpaired) electrons. The van der Waals surface area contributed by atoms with Crippen LogP contribution in [0.1, 0.15) is 56.3 Å². The second-order valence-corrected chi connectivity index (χ2v) is 11.3. The number of fused-ring (bicyclic) bond motifs is 1. The zero-order valence-corrected chi connectivity index (χ0v) is 21.2. The van der Waals surface area contributed by atoms with E-state index in [1.54, 1.807) is 49.1 Å². The molecule has 8 nitrogen and oxygen atoms in total. The minimum atomic E-state index is -3.62. The van der Waals surface area contributed by atoms with Crippen LogP contribution in [0.5, 0.6) is 5.75 Å². The first-order valence-electron chi connectivity index (χ1n) is 12.1. The predicted molar refractivity (Wildman–Crippen MR) is 134 cm³/mol. The fraction of sp³-hybridized carbons (Fsp3) is 0.462. The lowest BCUT2D eigenvalue weighted by Gasteiger charge is -2.34. The van der Waals surface area contributed by atoms with Crippen LogP contribution in [0.3, 0.4) is 0 Å². The van der Waals surface area contributed by atoms with E-state index in [0.717, 1.165) is 25.7 Å². The molecule has 0 spiro atoms. The number of hydrogen-bond acceptors (Lipinski definition) is 5. The van der Waals surface area contributed by atoms with Crippen LogP contribution in [0.15, 0.2) is 53.4 Å². The van der Waals surface area contributed by atoms with Gasteiger partial charge in [0.05, 0.1) is 17.6 Å². The average molecular weight is 500 g/mol. The second-order valence-electron chi connectivity index (χ2n) is 9.57. The lowest BCUT2D eigenvalue weighted by molar-refractivity contribution is -0.120. The summed E-state index contributed by atoms with van der Waals surface area (Å²) in [6, 6.07) is 12.4. The van der Waals surface area contributed by atoms with Crippen LogP contribution in [-0.2, 0) is 14.8 Å². The summed E-state index contributed by atoms with van der Waals surface area (Å²) >= 11 is 0. The normalized spacial score (nSPS) is 22.1. The Morgan fingerprint density at radius 2 is 1.71 bits per heavy atom. The molecule has 1 aliphatic heterocycles. The monoisotopic (exact) mass is 499 g/mol. The van der Waals surface area contributed by atoms with Crippen molar-refractivity contribution in [3.63, 3.8) is 0 Å². The van der Waals surface area contributed by atoms with Gasteiger partial charge in [-0.2, -0.15) is 0 Å². The van der Waals surface area contributed by atoms with Gasteiger partial charge in [0.1, 0.15) is 11.8 Å². The Morgan fingerprint density at radius 1 is 1.03 bits per heavy atom. The molecule has 3 unspecified atom stereocenters. The van der Waals surface area contributed by atoms with E-state index in [4.69, 9.17) is 4.74 Å². The molecule has 188 valence electrons. The van der Waals surface area contributed by atoms with Crippen LogP contribution in [0.2, 0.25) is 0 Å². The minimum Gasteiger partial charge on any atom is -0.496 e. The molecular weight excluding hydrogens is 466 g/mol. The Bertz CT molecular complexity index is 1180. The predicted octanol–water partition coefficient (Wildman–Crippen LogP) is 3.79. The third kappa shape index (κ3) is 5.36. The van der Waals surface area contributed by atoms with E-state index >= 15 is 0 Å². The number of ether oxygens (including phenoxy) is 1. The van der Waals surface area contributed by atoms with Gasteiger partial charge >= 0.3 is 0 Å². The number of anilines is 1. The van der Waals surface area contributed by atoms with E-state index in [1.165, 1.54) is 19.2 Å². The van der Waals surface area contributed by atoms with Gasteiger partial charge in [-0.05, 0) is 75.4 Å². The molecule has 0 bridgehead atoms. The molecule has 3 atom stereocenters. The van der Waals surface area contributed by atoms with Gasteiger partial charge in [0, 0.05) is 17.8 Å². The van der Waals surface area contributed by atoms with Gasteiger partial charge in [0.25, 0.3) is 5.91 Å². The van der Waals surface area contributed by atoms with E-state index in [0.29, 0.717) is 23.4 Å². The third-order valence-corrected chi connectivity index (χ3v) is 8.46. The smallest absolute Gasteiger partial charge is 0.258 e. The summed E-state index contributed by atoms with van der Waals surface area (Å²) in [5, 5.41) is 2.90. The van der Waals surface area contributed by atoms with Crippen molar-refractivity contribution in [1.29, 1.82) is 0 Å². The molecule has 4 rings (SSSR count). The van der Waals surface area contributed by atoms with Crippen LogP contribution in [-0.4, -0.2) is 50.4 Å². The quantitative estimate of drug-likeness (QED) is 0.603. The molecule has 1 aliphatic carbocycles.